The number of nitrogens with zero attached hydrogens (tertiary/aromatic N) is 1. The highest BCUT2D eigenvalue weighted by atomic mass is 32.2. The van der Waals surface area contributed by atoms with Crippen molar-refractivity contribution in [1.82, 2.24) is 10.2 Å². The Labute approximate surface area is 196 Å². The molecule has 1 aromatic carbocycles. The molecule has 0 bridgehead atoms. The summed E-state index contributed by atoms with van der Waals surface area (Å²) in [6.07, 6.45) is 0.417. The smallest absolute Gasteiger partial charge is 0.326 e. The van der Waals surface area contributed by atoms with Gasteiger partial charge in [-0.25, -0.2) is 4.79 Å². The van der Waals surface area contributed by atoms with Crippen LogP contribution in [0.3, 0.4) is 0 Å². The summed E-state index contributed by atoms with van der Waals surface area (Å²) in [6, 6.07) is 3.74. The molecular weight excluding hydrogens is 452 g/mol. The lowest BCUT2D eigenvalue weighted by atomic mass is 10.1. The molecule has 0 aliphatic carbocycles. The van der Waals surface area contributed by atoms with Crippen LogP contribution in [-0.4, -0.2) is 77.2 Å². The van der Waals surface area contributed by atoms with Crippen LogP contribution in [0.5, 0.6) is 0 Å². The number of rotatable bonds is 13. The second kappa shape index (κ2) is 12.5. The van der Waals surface area contributed by atoms with Gasteiger partial charge >= 0.3 is 5.97 Å². The van der Waals surface area contributed by atoms with Crippen LogP contribution < -0.4 is 5.32 Å². The van der Waals surface area contributed by atoms with E-state index >= 15 is 0 Å². The Morgan fingerprint density at radius 3 is 2.09 bits per heavy atom. The summed E-state index contributed by atoms with van der Waals surface area (Å²) in [5, 5.41) is 11.8. The van der Waals surface area contributed by atoms with Gasteiger partial charge in [0, 0.05) is 26.9 Å². The number of carboxylic acids is 1. The molecular formula is C22H28N2O8S. The molecule has 33 heavy (non-hydrogen) atoms. The number of aliphatic carboxylic acids is 1. The van der Waals surface area contributed by atoms with E-state index in [1.807, 2.05) is 0 Å². The molecule has 1 aromatic rings. The zero-order valence-electron chi connectivity index (χ0n) is 18.7. The van der Waals surface area contributed by atoms with Gasteiger partial charge in [-0.1, -0.05) is 23.9 Å². The van der Waals surface area contributed by atoms with Gasteiger partial charge in [-0.3, -0.25) is 24.1 Å². The molecule has 2 unspecified atom stereocenters. The van der Waals surface area contributed by atoms with Crippen molar-refractivity contribution < 1.29 is 38.6 Å². The molecule has 0 fully saturated rings. The number of nitrogens with one attached hydrogen (secondary N) is 1. The van der Waals surface area contributed by atoms with Crippen molar-refractivity contribution in [2.24, 2.45) is 0 Å². The van der Waals surface area contributed by atoms with E-state index in [1.165, 1.54) is 33.3 Å². The van der Waals surface area contributed by atoms with Gasteiger partial charge in [0.25, 0.3) is 11.8 Å². The van der Waals surface area contributed by atoms with Crippen molar-refractivity contribution in [2.45, 2.75) is 51.0 Å². The topological polar surface area (TPSA) is 139 Å². The number of fused-ring (bicyclic) bond motifs is 1. The number of ether oxygens (including phenoxy) is 2. The van der Waals surface area contributed by atoms with Crippen LogP contribution in [0.25, 0.3) is 0 Å². The predicted molar refractivity (Wildman–Crippen MR) is 120 cm³/mol. The number of imide groups is 1. The molecule has 10 nitrogen and oxygen atoms in total. The van der Waals surface area contributed by atoms with Crippen molar-refractivity contribution >= 4 is 40.6 Å². The van der Waals surface area contributed by atoms with Crippen LogP contribution in [0.15, 0.2) is 24.3 Å². The number of thioether (sulfide) groups is 1. The average molecular weight is 481 g/mol. The van der Waals surface area contributed by atoms with E-state index in [9.17, 15) is 29.1 Å². The van der Waals surface area contributed by atoms with Crippen LogP contribution in [0.1, 0.15) is 53.3 Å². The summed E-state index contributed by atoms with van der Waals surface area (Å²) in [6.45, 7) is 1.37. The van der Waals surface area contributed by atoms with Crippen LogP contribution in [0.2, 0.25) is 0 Å². The van der Waals surface area contributed by atoms with Gasteiger partial charge in [-0.15, -0.1) is 0 Å². The monoisotopic (exact) mass is 480 g/mol. The second-order valence-corrected chi connectivity index (χ2v) is 8.67. The third-order valence-corrected chi connectivity index (χ3v) is 6.06. The number of hydrogen-bond acceptors (Lipinski definition) is 8. The van der Waals surface area contributed by atoms with Gasteiger partial charge in [-0.05, 0) is 37.8 Å². The number of carboxylic acid groups (broad SMARTS) is 1. The number of carbonyl (C=O) groups excluding carboxylic acids is 4. The Kier molecular flexibility index (Phi) is 10.0. The quantitative estimate of drug-likeness (QED) is 0.319. The lowest BCUT2D eigenvalue weighted by Gasteiger charge is -2.27. The minimum atomic E-state index is -1.25. The molecule has 180 valence electrons. The fourth-order valence-electron chi connectivity index (χ4n) is 3.53. The van der Waals surface area contributed by atoms with E-state index < -0.39 is 42.1 Å². The number of benzene rings is 1. The SMILES string of the molecule is COC(CCCC(NC(=O)C(CCSC(C)=O)N1C(=O)c2ccccc2C1=O)C(=O)O)OC. The van der Waals surface area contributed by atoms with E-state index in [2.05, 4.69) is 5.32 Å². The Bertz CT molecular complexity index is 867. The summed E-state index contributed by atoms with van der Waals surface area (Å²) < 4.78 is 10.2. The van der Waals surface area contributed by atoms with Crippen LogP contribution >= 0.6 is 11.8 Å². The Morgan fingerprint density at radius 1 is 1.03 bits per heavy atom. The maximum atomic E-state index is 13.1. The number of amides is 3. The molecule has 1 heterocycles. The first-order valence-corrected chi connectivity index (χ1v) is 11.4. The molecule has 0 aromatic heterocycles. The van der Waals surface area contributed by atoms with Gasteiger partial charge in [-0.2, -0.15) is 0 Å². The summed E-state index contributed by atoms with van der Waals surface area (Å²) in [7, 11) is 2.94. The Balaban J connectivity index is 2.17. The van der Waals surface area contributed by atoms with Crippen molar-refractivity contribution in [1.29, 1.82) is 0 Å². The highest BCUT2D eigenvalue weighted by Gasteiger charge is 2.43. The van der Waals surface area contributed by atoms with E-state index in [1.54, 1.807) is 12.1 Å². The van der Waals surface area contributed by atoms with Crippen molar-refractivity contribution in [3.8, 4) is 0 Å². The summed E-state index contributed by atoms with van der Waals surface area (Å²) in [5.41, 5.74) is 0.360. The maximum absolute atomic E-state index is 13.1. The molecule has 0 spiro atoms. The maximum Gasteiger partial charge on any atom is 0.326 e. The summed E-state index contributed by atoms with van der Waals surface area (Å²) >= 11 is 0.957. The molecule has 3 amide bonds. The van der Waals surface area contributed by atoms with Gasteiger partial charge in [0.2, 0.25) is 5.91 Å². The average Bonchev–Trinajstić information content (AvgIpc) is 3.03. The van der Waals surface area contributed by atoms with Crippen LogP contribution in [0.4, 0.5) is 0 Å². The predicted octanol–water partition coefficient (Wildman–Crippen LogP) is 1.68. The van der Waals surface area contributed by atoms with Gasteiger partial charge in [0.15, 0.2) is 11.4 Å². The van der Waals surface area contributed by atoms with Crippen LogP contribution in [-0.2, 0) is 23.9 Å². The van der Waals surface area contributed by atoms with Crippen molar-refractivity contribution in [3.63, 3.8) is 0 Å². The molecule has 2 N–H and O–H groups in total. The Hall–Kier alpha value is -2.76. The molecule has 2 atom stereocenters. The highest BCUT2D eigenvalue weighted by molar-refractivity contribution is 8.13. The number of carbonyl (C=O) groups is 5. The standard InChI is InChI=1S/C22H28N2O8S/c1-13(25)33-12-11-17(24-20(27)14-7-4-5-8-15(14)21(24)28)19(26)23-16(22(29)30)9-6-10-18(31-2)32-3/h4-5,7-8,16-18H,6,9-12H2,1-3H3,(H,23,26)(H,29,30). The third kappa shape index (κ3) is 6.86. The van der Waals surface area contributed by atoms with Gasteiger partial charge in [0.1, 0.15) is 12.1 Å². The fraction of sp³-hybridized carbons (Fsp3) is 0.500. The molecule has 1 aliphatic rings. The molecule has 0 saturated carbocycles. The first-order chi connectivity index (χ1) is 15.7. The van der Waals surface area contributed by atoms with Gasteiger partial charge < -0.3 is 19.9 Å². The van der Waals surface area contributed by atoms with Crippen molar-refractivity contribution in [3.05, 3.63) is 35.4 Å². The van der Waals surface area contributed by atoms with Crippen LogP contribution in [0, 0.1) is 0 Å². The zero-order valence-corrected chi connectivity index (χ0v) is 19.6. The lowest BCUT2D eigenvalue weighted by molar-refractivity contribution is -0.143. The minimum Gasteiger partial charge on any atom is -0.480 e. The number of hydrogen-bond donors (Lipinski definition) is 2. The third-order valence-electron chi connectivity index (χ3n) is 5.21. The van der Waals surface area contributed by atoms with E-state index in [-0.39, 0.29) is 34.8 Å². The highest BCUT2D eigenvalue weighted by Crippen LogP contribution is 2.26. The lowest BCUT2D eigenvalue weighted by Crippen LogP contribution is -2.53. The first kappa shape index (κ1) is 26.5. The molecule has 2 rings (SSSR count). The fourth-order valence-corrected chi connectivity index (χ4v) is 4.16. The van der Waals surface area contributed by atoms with Gasteiger partial charge in [0.05, 0.1) is 11.1 Å². The van der Waals surface area contributed by atoms with Crippen molar-refractivity contribution in [2.75, 3.05) is 20.0 Å². The zero-order chi connectivity index (χ0) is 24.5. The summed E-state index contributed by atoms with van der Waals surface area (Å²) in [5.74, 6) is -3.08. The second-order valence-electron chi connectivity index (χ2n) is 7.40. The Morgan fingerprint density at radius 2 is 1.61 bits per heavy atom. The van der Waals surface area contributed by atoms with E-state index in [0.717, 1.165) is 16.7 Å². The molecule has 0 radical (unpaired) electrons. The largest absolute Gasteiger partial charge is 0.480 e. The molecule has 11 heteroatoms. The first-order valence-electron chi connectivity index (χ1n) is 10.4. The molecule has 1 aliphatic heterocycles. The van der Waals surface area contributed by atoms with E-state index in [4.69, 9.17) is 9.47 Å². The normalized spacial score (nSPS) is 14.8. The minimum absolute atomic E-state index is 0.00328. The summed E-state index contributed by atoms with van der Waals surface area (Å²) in [4.78, 5) is 62.8. The molecule has 0 saturated heterocycles. The van der Waals surface area contributed by atoms with E-state index in [0.29, 0.717) is 12.8 Å². The number of methoxy groups -OCH3 is 2.